The van der Waals surface area contributed by atoms with Crippen LogP contribution in [-0.2, 0) is 0 Å². The van der Waals surface area contributed by atoms with E-state index >= 15 is 0 Å². The van der Waals surface area contributed by atoms with Crippen LogP contribution in [0.4, 0.5) is 5.69 Å². The van der Waals surface area contributed by atoms with Gasteiger partial charge in [0, 0.05) is 35.7 Å². The van der Waals surface area contributed by atoms with Crippen molar-refractivity contribution in [2.45, 2.75) is 32.2 Å². The second kappa shape index (κ2) is 6.22. The van der Waals surface area contributed by atoms with Crippen LogP contribution in [0.5, 0.6) is 0 Å². The van der Waals surface area contributed by atoms with Crippen molar-refractivity contribution < 1.29 is 9.72 Å². The first-order chi connectivity index (χ1) is 9.54. The minimum Gasteiger partial charge on any atom is -0.334 e. The van der Waals surface area contributed by atoms with Crippen molar-refractivity contribution in [2.75, 3.05) is 12.4 Å². The molecular formula is C14H17ClN2O3. The van der Waals surface area contributed by atoms with Crippen LogP contribution in [0, 0.1) is 17.0 Å². The first-order valence-electron chi connectivity index (χ1n) is 6.66. The molecular weight excluding hydrogens is 280 g/mol. The second-order valence-corrected chi connectivity index (χ2v) is 5.37. The van der Waals surface area contributed by atoms with E-state index < -0.39 is 4.92 Å². The van der Waals surface area contributed by atoms with Crippen molar-refractivity contribution in [3.05, 3.63) is 39.4 Å². The van der Waals surface area contributed by atoms with Gasteiger partial charge in [0.1, 0.15) is 0 Å². The molecule has 0 radical (unpaired) electrons. The third kappa shape index (κ3) is 2.93. The topological polar surface area (TPSA) is 63.5 Å². The van der Waals surface area contributed by atoms with Crippen LogP contribution in [0.3, 0.4) is 0 Å². The number of nitro groups is 1. The molecule has 0 aromatic heterocycles. The minimum absolute atomic E-state index is 0.0362. The number of hydrogen-bond donors (Lipinski definition) is 0. The van der Waals surface area contributed by atoms with Crippen LogP contribution < -0.4 is 0 Å². The van der Waals surface area contributed by atoms with E-state index in [1.165, 1.54) is 12.1 Å². The van der Waals surface area contributed by atoms with Gasteiger partial charge < -0.3 is 4.90 Å². The van der Waals surface area contributed by atoms with Crippen molar-refractivity contribution in [1.82, 2.24) is 4.90 Å². The molecule has 1 aliphatic heterocycles. The van der Waals surface area contributed by atoms with E-state index in [-0.39, 0.29) is 17.6 Å². The molecule has 1 aliphatic rings. The van der Waals surface area contributed by atoms with Crippen molar-refractivity contribution in [3.63, 3.8) is 0 Å². The Morgan fingerprint density at radius 3 is 2.85 bits per heavy atom. The fourth-order valence-electron chi connectivity index (χ4n) is 2.59. The number of carbonyl (C=O) groups excluding carboxylic acids is 1. The monoisotopic (exact) mass is 296 g/mol. The number of alkyl halides is 1. The van der Waals surface area contributed by atoms with Gasteiger partial charge in [0.2, 0.25) is 0 Å². The molecule has 0 saturated carbocycles. The molecule has 2 rings (SSSR count). The van der Waals surface area contributed by atoms with Gasteiger partial charge in [0.25, 0.3) is 11.6 Å². The largest absolute Gasteiger partial charge is 0.334 e. The molecule has 1 atom stereocenters. The van der Waals surface area contributed by atoms with Gasteiger partial charge in [-0.1, -0.05) is 0 Å². The Balaban J connectivity index is 2.24. The molecule has 0 N–H and O–H groups in total. The third-order valence-corrected chi connectivity index (χ3v) is 4.06. The van der Waals surface area contributed by atoms with Gasteiger partial charge in [0.15, 0.2) is 0 Å². The van der Waals surface area contributed by atoms with Crippen LogP contribution in [0.1, 0.15) is 35.2 Å². The highest BCUT2D eigenvalue weighted by Gasteiger charge is 2.27. The van der Waals surface area contributed by atoms with Crippen LogP contribution >= 0.6 is 11.6 Å². The number of nitro benzene ring substituents is 1. The molecule has 5 nitrogen and oxygen atoms in total. The van der Waals surface area contributed by atoms with Gasteiger partial charge in [0.05, 0.1) is 4.92 Å². The lowest BCUT2D eigenvalue weighted by molar-refractivity contribution is -0.385. The van der Waals surface area contributed by atoms with E-state index in [4.69, 9.17) is 11.6 Å². The number of hydrogen-bond acceptors (Lipinski definition) is 3. The molecule has 108 valence electrons. The van der Waals surface area contributed by atoms with Crippen LogP contribution in [-0.4, -0.2) is 34.2 Å². The summed E-state index contributed by atoms with van der Waals surface area (Å²) in [5.74, 6) is 0.339. The number of halogens is 1. The van der Waals surface area contributed by atoms with Crippen LogP contribution in [0.25, 0.3) is 0 Å². The Labute approximate surface area is 122 Å². The highest BCUT2D eigenvalue weighted by Crippen LogP contribution is 2.23. The average molecular weight is 297 g/mol. The zero-order valence-electron chi connectivity index (χ0n) is 11.3. The van der Waals surface area contributed by atoms with E-state index in [9.17, 15) is 14.9 Å². The van der Waals surface area contributed by atoms with E-state index in [0.29, 0.717) is 23.6 Å². The standard InChI is InChI=1S/C14H17ClN2O3/c1-10-8-11(5-6-13(10)17(19)20)14(18)16-7-3-2-4-12(16)9-15/h5-6,8,12H,2-4,7,9H2,1H3. The first kappa shape index (κ1) is 14.8. The summed E-state index contributed by atoms with van der Waals surface area (Å²) in [6.07, 6.45) is 2.98. The van der Waals surface area contributed by atoms with Crippen LogP contribution in [0.15, 0.2) is 18.2 Å². The summed E-state index contributed by atoms with van der Waals surface area (Å²) in [5, 5.41) is 10.8. The summed E-state index contributed by atoms with van der Waals surface area (Å²) in [6, 6.07) is 4.56. The first-order valence-corrected chi connectivity index (χ1v) is 7.20. The molecule has 1 heterocycles. The maximum atomic E-state index is 12.5. The maximum Gasteiger partial charge on any atom is 0.272 e. The second-order valence-electron chi connectivity index (χ2n) is 5.06. The quantitative estimate of drug-likeness (QED) is 0.489. The summed E-state index contributed by atoms with van der Waals surface area (Å²) >= 11 is 5.92. The van der Waals surface area contributed by atoms with Gasteiger partial charge in [-0.25, -0.2) is 0 Å². The van der Waals surface area contributed by atoms with Crippen molar-refractivity contribution in [1.29, 1.82) is 0 Å². The zero-order valence-corrected chi connectivity index (χ0v) is 12.1. The number of carbonyl (C=O) groups is 1. The SMILES string of the molecule is Cc1cc(C(=O)N2CCCCC2CCl)ccc1[N+](=O)[O-]. The summed E-state index contributed by atoms with van der Waals surface area (Å²) in [5.41, 5.74) is 1.03. The lowest BCUT2D eigenvalue weighted by atomic mass is 10.0. The molecule has 1 aromatic carbocycles. The molecule has 0 bridgehead atoms. The van der Waals surface area contributed by atoms with Crippen LogP contribution in [0.2, 0.25) is 0 Å². The molecule has 6 heteroatoms. The highest BCUT2D eigenvalue weighted by atomic mass is 35.5. The Kier molecular flexibility index (Phi) is 4.60. The molecule has 1 amide bonds. The maximum absolute atomic E-state index is 12.5. The molecule has 1 fully saturated rings. The molecule has 0 spiro atoms. The van der Waals surface area contributed by atoms with Crippen molar-refractivity contribution >= 4 is 23.2 Å². The summed E-state index contributed by atoms with van der Waals surface area (Å²) in [6.45, 7) is 2.34. The van der Waals surface area contributed by atoms with Gasteiger partial charge >= 0.3 is 0 Å². The van der Waals surface area contributed by atoms with Gasteiger partial charge in [-0.15, -0.1) is 11.6 Å². The Morgan fingerprint density at radius 1 is 1.50 bits per heavy atom. The van der Waals surface area contributed by atoms with Gasteiger partial charge in [-0.05, 0) is 38.3 Å². The van der Waals surface area contributed by atoms with E-state index in [0.717, 1.165) is 19.3 Å². The van der Waals surface area contributed by atoms with E-state index in [1.807, 2.05) is 0 Å². The fraction of sp³-hybridized carbons (Fsp3) is 0.500. The number of aryl methyl sites for hydroxylation is 1. The number of likely N-dealkylation sites (tertiary alicyclic amines) is 1. The number of benzene rings is 1. The summed E-state index contributed by atoms with van der Waals surface area (Å²) in [4.78, 5) is 24.6. The van der Waals surface area contributed by atoms with E-state index in [2.05, 4.69) is 0 Å². The fourth-order valence-corrected chi connectivity index (χ4v) is 2.91. The Morgan fingerprint density at radius 2 is 2.25 bits per heavy atom. The lowest BCUT2D eigenvalue weighted by Gasteiger charge is -2.34. The predicted octanol–water partition coefficient (Wildman–Crippen LogP) is 3.14. The minimum atomic E-state index is -0.438. The number of rotatable bonds is 3. The smallest absolute Gasteiger partial charge is 0.272 e. The molecule has 1 unspecified atom stereocenters. The molecule has 0 aliphatic carbocycles. The van der Waals surface area contributed by atoms with E-state index in [1.54, 1.807) is 17.9 Å². The normalized spacial score (nSPS) is 18.9. The van der Waals surface area contributed by atoms with Gasteiger partial charge in [-0.3, -0.25) is 14.9 Å². The summed E-state index contributed by atoms with van der Waals surface area (Å²) < 4.78 is 0. The van der Waals surface area contributed by atoms with Gasteiger partial charge in [-0.2, -0.15) is 0 Å². The number of nitrogens with zero attached hydrogens (tertiary/aromatic N) is 2. The third-order valence-electron chi connectivity index (χ3n) is 3.71. The molecule has 20 heavy (non-hydrogen) atoms. The lowest BCUT2D eigenvalue weighted by Crippen LogP contribution is -2.44. The number of amides is 1. The summed E-state index contributed by atoms with van der Waals surface area (Å²) in [7, 11) is 0. The molecule has 1 saturated heterocycles. The zero-order chi connectivity index (χ0) is 14.7. The Bertz CT molecular complexity index is 533. The number of piperidine rings is 1. The van der Waals surface area contributed by atoms with Crippen molar-refractivity contribution in [2.24, 2.45) is 0 Å². The van der Waals surface area contributed by atoms with Crippen molar-refractivity contribution in [3.8, 4) is 0 Å². The Hall–Kier alpha value is -1.62. The highest BCUT2D eigenvalue weighted by molar-refractivity contribution is 6.18. The predicted molar refractivity (Wildman–Crippen MR) is 77.2 cm³/mol. The molecule has 1 aromatic rings. The average Bonchev–Trinajstić information content (AvgIpc) is 2.45.